The Hall–Kier alpha value is -1.06. The van der Waals surface area contributed by atoms with E-state index in [0.717, 1.165) is 18.5 Å². The van der Waals surface area contributed by atoms with E-state index in [-0.39, 0.29) is 5.25 Å². The highest BCUT2D eigenvalue weighted by Crippen LogP contribution is 2.23. The first kappa shape index (κ1) is 13.4. The van der Waals surface area contributed by atoms with Gasteiger partial charge in [-0.05, 0) is 47.0 Å². The zero-order valence-electron chi connectivity index (χ0n) is 9.69. The van der Waals surface area contributed by atoms with Gasteiger partial charge in [0, 0.05) is 16.7 Å². The second-order valence-corrected chi connectivity index (χ2v) is 7.57. The molecule has 1 aromatic rings. The fraction of sp³-hybridized carbons (Fsp3) is 0.417. The van der Waals surface area contributed by atoms with E-state index in [2.05, 4.69) is 27.3 Å². The second kappa shape index (κ2) is 5.29. The largest absolute Gasteiger partial charge is 0.384 e. The smallest absolute Gasteiger partial charge is 0.154 e. The zero-order valence-corrected chi connectivity index (χ0v) is 12.1. The van der Waals surface area contributed by atoms with Crippen LogP contribution in [0.25, 0.3) is 0 Å². The Morgan fingerprint density at radius 1 is 1.50 bits per heavy atom. The zero-order chi connectivity index (χ0) is 13.2. The summed E-state index contributed by atoms with van der Waals surface area (Å²) in [5.41, 5.74) is 1.39. The standard InChI is InChI=1S/C12H13BrN2O2S/c13-12-6-10(4-3-9(12)7-14)15-8-11-2-1-5-18(11,16)17/h3-4,6,11,15H,1-2,5,8H2. The van der Waals surface area contributed by atoms with Crippen molar-refractivity contribution in [2.75, 3.05) is 17.6 Å². The lowest BCUT2D eigenvalue weighted by molar-refractivity contribution is 0.591. The molecule has 1 aliphatic rings. The lowest BCUT2D eigenvalue weighted by Crippen LogP contribution is -2.25. The molecule has 1 aromatic carbocycles. The molecule has 0 aliphatic carbocycles. The maximum absolute atomic E-state index is 11.7. The molecule has 0 saturated carbocycles. The third-order valence-electron chi connectivity index (χ3n) is 3.09. The summed E-state index contributed by atoms with van der Waals surface area (Å²) in [7, 11) is -2.91. The first-order chi connectivity index (χ1) is 8.53. The molecule has 1 heterocycles. The molecule has 1 unspecified atom stereocenters. The molecule has 96 valence electrons. The first-order valence-electron chi connectivity index (χ1n) is 5.68. The monoisotopic (exact) mass is 328 g/mol. The van der Waals surface area contributed by atoms with E-state index in [1.807, 2.05) is 0 Å². The summed E-state index contributed by atoms with van der Waals surface area (Å²) < 4.78 is 24.0. The van der Waals surface area contributed by atoms with Crippen LogP contribution in [0.15, 0.2) is 22.7 Å². The Morgan fingerprint density at radius 2 is 2.28 bits per heavy atom. The average Bonchev–Trinajstić information content (AvgIpc) is 2.66. The molecule has 1 atom stereocenters. The van der Waals surface area contributed by atoms with Crippen molar-refractivity contribution in [2.45, 2.75) is 18.1 Å². The van der Waals surface area contributed by atoms with Gasteiger partial charge in [0.25, 0.3) is 0 Å². The number of halogens is 1. The van der Waals surface area contributed by atoms with Crippen molar-refractivity contribution in [3.63, 3.8) is 0 Å². The molecule has 1 fully saturated rings. The number of rotatable bonds is 3. The van der Waals surface area contributed by atoms with Gasteiger partial charge in [-0.2, -0.15) is 5.26 Å². The molecular formula is C12H13BrN2O2S. The summed E-state index contributed by atoms with van der Waals surface area (Å²) in [6.45, 7) is 0.431. The summed E-state index contributed by atoms with van der Waals surface area (Å²) >= 11 is 3.30. The summed E-state index contributed by atoms with van der Waals surface area (Å²) in [5, 5.41) is 11.6. The fourth-order valence-electron chi connectivity index (χ4n) is 2.03. The van der Waals surface area contributed by atoms with Crippen molar-refractivity contribution in [1.29, 1.82) is 5.26 Å². The number of anilines is 1. The first-order valence-corrected chi connectivity index (χ1v) is 8.19. The maximum atomic E-state index is 11.7. The van der Waals surface area contributed by atoms with Gasteiger partial charge >= 0.3 is 0 Å². The van der Waals surface area contributed by atoms with Gasteiger partial charge in [0.2, 0.25) is 0 Å². The van der Waals surface area contributed by atoms with Gasteiger partial charge in [0.15, 0.2) is 9.84 Å². The molecule has 0 amide bonds. The Kier molecular flexibility index (Phi) is 3.93. The summed E-state index contributed by atoms with van der Waals surface area (Å²) in [4.78, 5) is 0. The van der Waals surface area contributed by atoms with Crippen molar-refractivity contribution < 1.29 is 8.42 Å². The van der Waals surface area contributed by atoms with Crippen LogP contribution in [0.3, 0.4) is 0 Å². The van der Waals surface area contributed by atoms with E-state index < -0.39 is 9.84 Å². The number of nitrogens with zero attached hydrogens (tertiary/aromatic N) is 1. The van der Waals surface area contributed by atoms with Crippen LogP contribution in [-0.4, -0.2) is 26.0 Å². The topological polar surface area (TPSA) is 70.0 Å². The predicted molar refractivity (Wildman–Crippen MR) is 74.2 cm³/mol. The van der Waals surface area contributed by atoms with E-state index >= 15 is 0 Å². The van der Waals surface area contributed by atoms with E-state index in [1.165, 1.54) is 0 Å². The third-order valence-corrected chi connectivity index (χ3v) is 6.02. The number of nitrogens with one attached hydrogen (secondary N) is 1. The molecule has 6 heteroatoms. The normalized spacial score (nSPS) is 21.4. The van der Waals surface area contributed by atoms with Gasteiger partial charge in [0.05, 0.1) is 16.6 Å². The molecule has 0 spiro atoms. The maximum Gasteiger partial charge on any atom is 0.154 e. The van der Waals surface area contributed by atoms with Gasteiger partial charge in [-0.15, -0.1) is 0 Å². The molecule has 1 saturated heterocycles. The minimum atomic E-state index is -2.91. The Balaban J connectivity index is 2.03. The van der Waals surface area contributed by atoms with Crippen LogP contribution in [-0.2, 0) is 9.84 Å². The van der Waals surface area contributed by atoms with Crippen molar-refractivity contribution in [2.24, 2.45) is 0 Å². The predicted octanol–water partition coefficient (Wildman–Crippen LogP) is 2.31. The molecular weight excluding hydrogens is 316 g/mol. The third kappa shape index (κ3) is 2.85. The van der Waals surface area contributed by atoms with Crippen molar-refractivity contribution in [1.82, 2.24) is 0 Å². The molecule has 0 radical (unpaired) electrons. The summed E-state index contributed by atoms with van der Waals surface area (Å²) in [5.74, 6) is 0.302. The molecule has 18 heavy (non-hydrogen) atoms. The van der Waals surface area contributed by atoms with Crippen LogP contribution in [0.4, 0.5) is 5.69 Å². The van der Waals surface area contributed by atoms with Gasteiger partial charge in [-0.25, -0.2) is 8.42 Å². The fourth-order valence-corrected chi connectivity index (χ4v) is 4.27. The number of hydrogen-bond donors (Lipinski definition) is 1. The van der Waals surface area contributed by atoms with Crippen molar-refractivity contribution >= 4 is 31.5 Å². The van der Waals surface area contributed by atoms with Gasteiger partial charge < -0.3 is 5.32 Å². The van der Waals surface area contributed by atoms with Crippen LogP contribution >= 0.6 is 15.9 Å². The van der Waals surface area contributed by atoms with Gasteiger partial charge in [-0.1, -0.05) is 0 Å². The van der Waals surface area contributed by atoms with Gasteiger partial charge in [0.1, 0.15) is 6.07 Å². The van der Waals surface area contributed by atoms with Crippen molar-refractivity contribution in [3.05, 3.63) is 28.2 Å². The summed E-state index contributed by atoms with van der Waals surface area (Å²) in [6, 6.07) is 7.34. The van der Waals surface area contributed by atoms with E-state index in [0.29, 0.717) is 22.3 Å². The molecule has 4 nitrogen and oxygen atoms in total. The highest BCUT2D eigenvalue weighted by molar-refractivity contribution is 9.10. The SMILES string of the molecule is N#Cc1ccc(NCC2CCCS2(=O)=O)cc1Br. The number of sulfone groups is 1. The highest BCUT2D eigenvalue weighted by atomic mass is 79.9. The molecule has 1 N–H and O–H groups in total. The van der Waals surface area contributed by atoms with E-state index in [4.69, 9.17) is 5.26 Å². The number of hydrogen-bond acceptors (Lipinski definition) is 4. The molecule has 1 aliphatic heterocycles. The minimum Gasteiger partial charge on any atom is -0.384 e. The second-order valence-electron chi connectivity index (χ2n) is 4.32. The molecule has 0 aromatic heterocycles. The van der Waals surface area contributed by atoms with E-state index in [9.17, 15) is 8.42 Å². The summed E-state index contributed by atoms with van der Waals surface area (Å²) in [6.07, 6.45) is 1.48. The number of benzene rings is 1. The highest BCUT2D eigenvalue weighted by Gasteiger charge is 2.30. The van der Waals surface area contributed by atoms with Crippen LogP contribution in [0.2, 0.25) is 0 Å². The number of nitriles is 1. The Labute approximate surface area is 115 Å². The quantitative estimate of drug-likeness (QED) is 0.924. The molecule has 2 rings (SSSR count). The van der Waals surface area contributed by atoms with Gasteiger partial charge in [-0.3, -0.25) is 0 Å². The van der Waals surface area contributed by atoms with Crippen LogP contribution in [0.5, 0.6) is 0 Å². The van der Waals surface area contributed by atoms with Crippen LogP contribution < -0.4 is 5.32 Å². The molecule has 0 bridgehead atoms. The van der Waals surface area contributed by atoms with Crippen LogP contribution in [0.1, 0.15) is 18.4 Å². The van der Waals surface area contributed by atoms with E-state index in [1.54, 1.807) is 18.2 Å². The average molecular weight is 329 g/mol. The lowest BCUT2D eigenvalue weighted by Gasteiger charge is -2.12. The minimum absolute atomic E-state index is 0.285. The lowest BCUT2D eigenvalue weighted by atomic mass is 10.2. The Morgan fingerprint density at radius 3 is 2.83 bits per heavy atom. The van der Waals surface area contributed by atoms with Crippen molar-refractivity contribution in [3.8, 4) is 6.07 Å². The van der Waals surface area contributed by atoms with Crippen LogP contribution in [0, 0.1) is 11.3 Å². The Bertz CT molecular complexity index is 593.